The molecule has 146 valence electrons. The first-order valence-electron chi connectivity index (χ1n) is 9.30. The lowest BCUT2D eigenvalue weighted by molar-refractivity contribution is -0.117. The van der Waals surface area contributed by atoms with Gasteiger partial charge >= 0.3 is 5.63 Å². The Morgan fingerprint density at radius 2 is 1.96 bits per heavy atom. The molecule has 0 saturated heterocycles. The molecular formula is C22H24N2O4. The number of nitrogens with zero attached hydrogens (tertiary/aromatic N) is 1. The molecule has 0 atom stereocenters. The van der Waals surface area contributed by atoms with Crippen LogP contribution >= 0.6 is 0 Å². The second kappa shape index (κ2) is 8.71. The minimum absolute atomic E-state index is 0.0378. The highest BCUT2D eigenvalue weighted by atomic mass is 16.4. The number of carbonyl (C=O) groups is 1. The van der Waals surface area contributed by atoms with E-state index in [4.69, 9.17) is 4.42 Å². The lowest BCUT2D eigenvalue weighted by atomic mass is 10.1. The van der Waals surface area contributed by atoms with E-state index >= 15 is 0 Å². The van der Waals surface area contributed by atoms with Gasteiger partial charge in [0.25, 0.3) is 0 Å². The molecule has 3 aromatic rings. The number of benzene rings is 2. The van der Waals surface area contributed by atoms with E-state index < -0.39 is 5.63 Å². The van der Waals surface area contributed by atoms with Crippen LogP contribution < -0.4 is 10.9 Å². The van der Waals surface area contributed by atoms with Crippen molar-refractivity contribution in [3.8, 4) is 5.75 Å². The number of fused-ring (bicyclic) bond motifs is 1. The second-order valence-electron chi connectivity index (χ2n) is 6.84. The topological polar surface area (TPSA) is 82.8 Å². The van der Waals surface area contributed by atoms with Crippen LogP contribution in [-0.4, -0.2) is 29.0 Å². The van der Waals surface area contributed by atoms with E-state index in [-0.39, 0.29) is 18.2 Å². The minimum Gasteiger partial charge on any atom is -0.508 e. The van der Waals surface area contributed by atoms with E-state index in [9.17, 15) is 14.7 Å². The van der Waals surface area contributed by atoms with Gasteiger partial charge in [-0.25, -0.2) is 4.79 Å². The average molecular weight is 380 g/mol. The molecule has 0 unspecified atom stereocenters. The van der Waals surface area contributed by atoms with Gasteiger partial charge in [0.2, 0.25) is 5.91 Å². The fourth-order valence-corrected chi connectivity index (χ4v) is 3.23. The van der Waals surface area contributed by atoms with Crippen LogP contribution in [0.2, 0.25) is 0 Å². The Morgan fingerprint density at radius 1 is 1.18 bits per heavy atom. The maximum atomic E-state index is 12.5. The summed E-state index contributed by atoms with van der Waals surface area (Å²) >= 11 is 0. The molecule has 2 N–H and O–H groups in total. The van der Waals surface area contributed by atoms with Gasteiger partial charge in [0, 0.05) is 29.8 Å². The molecule has 6 nitrogen and oxygen atoms in total. The molecule has 0 aliphatic rings. The number of phenols is 1. The maximum absolute atomic E-state index is 12.5. The first-order valence-corrected chi connectivity index (χ1v) is 9.30. The number of hydrogen-bond donors (Lipinski definition) is 2. The standard InChI is InChI=1S/C22H24N2O4/c1-3-10-24(14-21(26)23-19-7-5-4-6-15(19)2)13-16-11-22(27)28-20-12-17(25)8-9-18(16)20/h4-9,11-12,25H,3,10,13-14H2,1-2H3,(H,23,26). The van der Waals surface area contributed by atoms with Gasteiger partial charge in [-0.05, 0) is 49.2 Å². The zero-order valence-electron chi connectivity index (χ0n) is 16.1. The summed E-state index contributed by atoms with van der Waals surface area (Å²) < 4.78 is 5.18. The van der Waals surface area contributed by atoms with Crippen molar-refractivity contribution in [2.24, 2.45) is 0 Å². The molecule has 28 heavy (non-hydrogen) atoms. The minimum atomic E-state index is -0.478. The van der Waals surface area contributed by atoms with Crippen molar-refractivity contribution in [2.45, 2.75) is 26.8 Å². The van der Waals surface area contributed by atoms with E-state index in [2.05, 4.69) is 5.32 Å². The molecule has 0 spiro atoms. The molecule has 0 bridgehead atoms. The van der Waals surface area contributed by atoms with E-state index in [0.717, 1.165) is 28.6 Å². The molecule has 0 saturated carbocycles. The van der Waals surface area contributed by atoms with Gasteiger partial charge in [-0.1, -0.05) is 25.1 Å². The summed E-state index contributed by atoms with van der Waals surface area (Å²) in [5.74, 6) is -0.0662. The number of anilines is 1. The molecule has 0 aliphatic carbocycles. The van der Waals surface area contributed by atoms with Crippen molar-refractivity contribution in [3.05, 3.63) is 70.1 Å². The van der Waals surface area contributed by atoms with E-state index in [1.165, 1.54) is 12.1 Å². The van der Waals surface area contributed by atoms with Gasteiger partial charge in [-0.3, -0.25) is 9.69 Å². The quantitative estimate of drug-likeness (QED) is 0.611. The third-order valence-electron chi connectivity index (χ3n) is 4.53. The van der Waals surface area contributed by atoms with Crippen LogP contribution in [0.1, 0.15) is 24.5 Å². The third kappa shape index (κ3) is 4.78. The zero-order chi connectivity index (χ0) is 20.1. The summed E-state index contributed by atoms with van der Waals surface area (Å²) in [7, 11) is 0. The normalized spacial score (nSPS) is 11.1. The Bertz CT molecular complexity index is 1040. The van der Waals surface area contributed by atoms with E-state index in [1.807, 2.05) is 43.0 Å². The lowest BCUT2D eigenvalue weighted by Gasteiger charge is -2.22. The number of nitrogens with one attached hydrogen (secondary N) is 1. The number of phenolic OH excluding ortho intramolecular Hbond substituents is 1. The Morgan fingerprint density at radius 3 is 2.71 bits per heavy atom. The zero-order valence-corrected chi connectivity index (χ0v) is 16.1. The lowest BCUT2D eigenvalue weighted by Crippen LogP contribution is -2.33. The van der Waals surface area contributed by atoms with Gasteiger partial charge in [0.15, 0.2) is 0 Å². The van der Waals surface area contributed by atoms with Gasteiger partial charge in [-0.2, -0.15) is 0 Å². The van der Waals surface area contributed by atoms with Crippen LogP contribution in [0, 0.1) is 6.92 Å². The van der Waals surface area contributed by atoms with Crippen molar-refractivity contribution in [2.75, 3.05) is 18.4 Å². The van der Waals surface area contributed by atoms with Crippen LogP contribution in [0.4, 0.5) is 5.69 Å². The highest BCUT2D eigenvalue weighted by Gasteiger charge is 2.15. The fraction of sp³-hybridized carbons (Fsp3) is 0.273. The summed E-state index contributed by atoms with van der Waals surface area (Å²) in [6, 6.07) is 13.8. The van der Waals surface area contributed by atoms with Gasteiger partial charge in [-0.15, -0.1) is 0 Å². The van der Waals surface area contributed by atoms with Crippen molar-refractivity contribution in [3.63, 3.8) is 0 Å². The van der Waals surface area contributed by atoms with Crippen molar-refractivity contribution >= 4 is 22.6 Å². The number of para-hydroxylation sites is 1. The van der Waals surface area contributed by atoms with Crippen LogP contribution in [0.5, 0.6) is 5.75 Å². The fourth-order valence-electron chi connectivity index (χ4n) is 3.23. The van der Waals surface area contributed by atoms with Gasteiger partial charge < -0.3 is 14.8 Å². The van der Waals surface area contributed by atoms with Crippen molar-refractivity contribution in [1.29, 1.82) is 0 Å². The number of aryl methyl sites for hydroxylation is 1. The summed E-state index contributed by atoms with van der Waals surface area (Å²) in [6.07, 6.45) is 0.873. The maximum Gasteiger partial charge on any atom is 0.336 e. The van der Waals surface area contributed by atoms with Crippen LogP contribution in [-0.2, 0) is 11.3 Å². The first-order chi connectivity index (χ1) is 13.5. The number of carbonyl (C=O) groups excluding carboxylic acids is 1. The average Bonchev–Trinajstić information content (AvgIpc) is 2.63. The van der Waals surface area contributed by atoms with Crippen molar-refractivity contribution in [1.82, 2.24) is 4.90 Å². The Kier molecular flexibility index (Phi) is 6.11. The smallest absolute Gasteiger partial charge is 0.336 e. The molecular weight excluding hydrogens is 356 g/mol. The molecule has 1 aromatic heterocycles. The molecule has 0 aliphatic heterocycles. The second-order valence-corrected chi connectivity index (χ2v) is 6.84. The third-order valence-corrected chi connectivity index (χ3v) is 4.53. The predicted molar refractivity (Wildman–Crippen MR) is 110 cm³/mol. The Hall–Kier alpha value is -3.12. The number of aromatic hydroxyl groups is 1. The number of hydrogen-bond acceptors (Lipinski definition) is 5. The molecule has 1 heterocycles. The van der Waals surface area contributed by atoms with Crippen molar-refractivity contribution < 1.29 is 14.3 Å². The Labute approximate surface area is 163 Å². The van der Waals surface area contributed by atoms with Crippen LogP contribution in [0.3, 0.4) is 0 Å². The number of rotatable bonds is 7. The summed E-state index contributed by atoms with van der Waals surface area (Å²) in [5, 5.41) is 13.3. The van der Waals surface area contributed by atoms with E-state index in [1.54, 1.807) is 12.1 Å². The monoisotopic (exact) mass is 380 g/mol. The van der Waals surface area contributed by atoms with Gasteiger partial charge in [0.05, 0.1) is 6.54 Å². The molecule has 0 fully saturated rings. The highest BCUT2D eigenvalue weighted by Crippen LogP contribution is 2.23. The molecule has 6 heteroatoms. The molecule has 1 amide bonds. The van der Waals surface area contributed by atoms with Gasteiger partial charge in [0.1, 0.15) is 11.3 Å². The van der Waals surface area contributed by atoms with Crippen LogP contribution in [0.25, 0.3) is 11.0 Å². The number of amides is 1. The largest absolute Gasteiger partial charge is 0.508 e. The Balaban J connectivity index is 1.80. The predicted octanol–water partition coefficient (Wildman–Crippen LogP) is 3.66. The first kappa shape index (κ1) is 19.6. The SMILES string of the molecule is CCCN(CC(=O)Nc1ccccc1C)Cc1cc(=O)oc2cc(O)ccc12. The molecule has 3 rings (SSSR count). The van der Waals surface area contributed by atoms with Crippen LogP contribution in [0.15, 0.2) is 57.7 Å². The summed E-state index contributed by atoms with van der Waals surface area (Å²) in [6.45, 7) is 5.34. The molecule has 2 aromatic carbocycles. The molecule has 0 radical (unpaired) electrons. The summed E-state index contributed by atoms with van der Waals surface area (Å²) in [5.41, 5.74) is 2.43. The van der Waals surface area contributed by atoms with E-state index in [0.29, 0.717) is 18.7 Å². The highest BCUT2D eigenvalue weighted by molar-refractivity contribution is 5.93. The summed E-state index contributed by atoms with van der Waals surface area (Å²) in [4.78, 5) is 26.5.